The van der Waals surface area contributed by atoms with Crippen molar-refractivity contribution in [2.24, 2.45) is 0 Å². The summed E-state index contributed by atoms with van der Waals surface area (Å²) in [5.41, 5.74) is 2.19. The van der Waals surface area contributed by atoms with Gasteiger partial charge in [0, 0.05) is 12.6 Å². The monoisotopic (exact) mass is 536 g/mol. The molecule has 1 aliphatic heterocycles. The number of para-hydroxylation sites is 1. The minimum Gasteiger partial charge on any atom is -0.353 e. The van der Waals surface area contributed by atoms with E-state index in [1.165, 1.54) is 28.7 Å². The maximum atomic E-state index is 12.7. The number of carbonyl (C=O) groups excluding carboxylic acids is 1. The Morgan fingerprint density at radius 1 is 1.05 bits per heavy atom. The smallest absolute Gasteiger partial charge is 0.308 e. The van der Waals surface area contributed by atoms with Gasteiger partial charge >= 0.3 is 4.87 Å². The molecule has 1 amide bonds. The summed E-state index contributed by atoms with van der Waals surface area (Å²) < 4.78 is 4.80. The Morgan fingerprint density at radius 3 is 2.62 bits per heavy atom. The standard InChI is InChI=1S/C27H32N6O2S2/c1-31-16-13-21(14-17-31)28-25(34)19-36-26-30-29-24(32(26)15-7-10-20-8-3-2-4-9-20)18-33-22-11-5-6-12-23(22)37-27(33)35/h2-6,8-9,11-12,21H,7,10,13-19H2,1H3,(H,28,34). The molecule has 3 heterocycles. The molecule has 0 radical (unpaired) electrons. The van der Waals surface area contributed by atoms with Gasteiger partial charge in [0.2, 0.25) is 5.91 Å². The molecule has 194 valence electrons. The number of fused-ring (bicyclic) bond motifs is 1. The molecule has 4 aromatic rings. The molecule has 8 nitrogen and oxygen atoms in total. The third-order valence-corrected chi connectivity index (χ3v) is 8.70. The summed E-state index contributed by atoms with van der Waals surface area (Å²) in [5.74, 6) is 1.06. The summed E-state index contributed by atoms with van der Waals surface area (Å²) in [5, 5.41) is 12.8. The largest absolute Gasteiger partial charge is 0.353 e. The average molecular weight is 537 g/mol. The molecule has 37 heavy (non-hydrogen) atoms. The number of thiazole rings is 1. The van der Waals surface area contributed by atoms with Crippen LogP contribution < -0.4 is 10.2 Å². The lowest BCUT2D eigenvalue weighted by Gasteiger charge is -2.29. The summed E-state index contributed by atoms with van der Waals surface area (Å²) in [6.45, 7) is 3.08. The number of benzene rings is 2. The fourth-order valence-corrected chi connectivity index (χ4v) is 6.40. The van der Waals surface area contributed by atoms with Gasteiger partial charge in [-0.2, -0.15) is 0 Å². The van der Waals surface area contributed by atoms with Crippen molar-refractivity contribution in [2.75, 3.05) is 25.9 Å². The van der Waals surface area contributed by atoms with Crippen molar-refractivity contribution in [1.82, 2.24) is 29.5 Å². The molecule has 2 aromatic heterocycles. The van der Waals surface area contributed by atoms with Gasteiger partial charge in [0.15, 0.2) is 11.0 Å². The zero-order valence-corrected chi connectivity index (χ0v) is 22.6. The highest BCUT2D eigenvalue weighted by Gasteiger charge is 2.20. The van der Waals surface area contributed by atoms with Crippen molar-refractivity contribution in [2.45, 2.75) is 50.0 Å². The molecule has 0 atom stereocenters. The summed E-state index contributed by atoms with van der Waals surface area (Å²) in [4.78, 5) is 27.7. The highest BCUT2D eigenvalue weighted by atomic mass is 32.2. The van der Waals surface area contributed by atoms with Crippen LogP contribution in [0.3, 0.4) is 0 Å². The molecule has 0 unspecified atom stereocenters. The number of piperidine rings is 1. The van der Waals surface area contributed by atoms with E-state index in [1.54, 1.807) is 4.57 Å². The first-order valence-corrected chi connectivity index (χ1v) is 14.5. The number of nitrogens with one attached hydrogen (secondary N) is 1. The minimum absolute atomic E-state index is 0.00765. The van der Waals surface area contributed by atoms with Gasteiger partial charge in [-0.25, -0.2) is 0 Å². The Morgan fingerprint density at radius 2 is 1.81 bits per heavy atom. The fraction of sp³-hybridized carbons (Fsp3) is 0.407. The van der Waals surface area contributed by atoms with Gasteiger partial charge in [0.25, 0.3) is 0 Å². The lowest BCUT2D eigenvalue weighted by molar-refractivity contribution is -0.119. The molecule has 10 heteroatoms. The van der Waals surface area contributed by atoms with E-state index in [0.717, 1.165) is 54.8 Å². The number of amides is 1. The van der Waals surface area contributed by atoms with Crippen LogP contribution in [0.4, 0.5) is 0 Å². The van der Waals surface area contributed by atoms with Gasteiger partial charge in [-0.15, -0.1) is 10.2 Å². The van der Waals surface area contributed by atoms with Crippen LogP contribution in [0, 0.1) is 0 Å². The van der Waals surface area contributed by atoms with Crippen LogP contribution in [-0.2, 0) is 24.3 Å². The molecule has 1 saturated heterocycles. The Hall–Kier alpha value is -2.95. The first-order chi connectivity index (χ1) is 18.1. The number of aryl methyl sites for hydroxylation is 1. The predicted octanol–water partition coefficient (Wildman–Crippen LogP) is 3.64. The van der Waals surface area contributed by atoms with Crippen LogP contribution in [0.2, 0.25) is 0 Å². The molecule has 0 saturated carbocycles. The molecule has 5 rings (SSSR count). The van der Waals surface area contributed by atoms with Gasteiger partial charge in [0.1, 0.15) is 0 Å². The van der Waals surface area contributed by atoms with E-state index in [0.29, 0.717) is 24.0 Å². The van der Waals surface area contributed by atoms with E-state index in [1.807, 2.05) is 30.3 Å². The third kappa shape index (κ3) is 6.49. The van der Waals surface area contributed by atoms with Crippen molar-refractivity contribution < 1.29 is 4.79 Å². The molecule has 1 fully saturated rings. The topological polar surface area (TPSA) is 85.1 Å². The lowest BCUT2D eigenvalue weighted by Crippen LogP contribution is -2.43. The van der Waals surface area contributed by atoms with Crippen molar-refractivity contribution in [1.29, 1.82) is 0 Å². The van der Waals surface area contributed by atoms with E-state index in [4.69, 9.17) is 0 Å². The molecular formula is C27H32N6O2S2. The van der Waals surface area contributed by atoms with Crippen LogP contribution in [0.25, 0.3) is 10.2 Å². The highest BCUT2D eigenvalue weighted by Crippen LogP contribution is 2.22. The number of likely N-dealkylation sites (tertiary alicyclic amines) is 1. The molecule has 0 aliphatic carbocycles. The van der Waals surface area contributed by atoms with Gasteiger partial charge in [-0.1, -0.05) is 65.6 Å². The number of hydrogen-bond donors (Lipinski definition) is 1. The summed E-state index contributed by atoms with van der Waals surface area (Å²) in [6.07, 6.45) is 3.80. The summed E-state index contributed by atoms with van der Waals surface area (Å²) in [6, 6.07) is 18.5. The molecule has 0 bridgehead atoms. The van der Waals surface area contributed by atoms with Crippen LogP contribution in [0.5, 0.6) is 0 Å². The molecule has 2 aromatic carbocycles. The SMILES string of the molecule is CN1CCC(NC(=O)CSc2nnc(Cn3c(=O)sc4ccccc43)n2CCCc2ccccc2)CC1. The highest BCUT2D eigenvalue weighted by molar-refractivity contribution is 7.99. The lowest BCUT2D eigenvalue weighted by atomic mass is 10.1. The molecular weight excluding hydrogens is 504 g/mol. The van der Waals surface area contributed by atoms with E-state index < -0.39 is 0 Å². The number of nitrogens with zero attached hydrogens (tertiary/aromatic N) is 5. The predicted molar refractivity (Wildman–Crippen MR) is 149 cm³/mol. The molecule has 1 N–H and O–H groups in total. The van der Waals surface area contributed by atoms with E-state index >= 15 is 0 Å². The van der Waals surface area contributed by atoms with Crippen molar-refractivity contribution in [3.05, 3.63) is 75.7 Å². The Kier molecular flexibility index (Phi) is 8.38. The second-order valence-electron chi connectivity index (χ2n) is 9.50. The Labute approximate surface area is 224 Å². The minimum atomic E-state index is -0.00765. The second-order valence-corrected chi connectivity index (χ2v) is 11.4. The van der Waals surface area contributed by atoms with Crippen LogP contribution in [0.15, 0.2) is 64.5 Å². The Bertz CT molecular complexity index is 1390. The van der Waals surface area contributed by atoms with Gasteiger partial charge in [0.05, 0.1) is 22.5 Å². The van der Waals surface area contributed by atoms with Crippen molar-refractivity contribution >= 4 is 39.2 Å². The normalized spacial score (nSPS) is 14.8. The van der Waals surface area contributed by atoms with Crippen molar-refractivity contribution in [3.8, 4) is 0 Å². The Balaban J connectivity index is 1.30. The first-order valence-electron chi connectivity index (χ1n) is 12.7. The second kappa shape index (κ2) is 12.1. The van der Waals surface area contributed by atoms with E-state index in [2.05, 4.69) is 56.3 Å². The maximum absolute atomic E-state index is 12.7. The fourth-order valence-electron chi connectivity index (χ4n) is 4.71. The number of hydrogen-bond acceptors (Lipinski definition) is 7. The van der Waals surface area contributed by atoms with Gasteiger partial charge < -0.3 is 14.8 Å². The van der Waals surface area contributed by atoms with Crippen LogP contribution in [0.1, 0.15) is 30.7 Å². The first kappa shape index (κ1) is 25.7. The van der Waals surface area contributed by atoms with Gasteiger partial charge in [-0.05, 0) is 63.5 Å². The number of rotatable bonds is 10. The zero-order valence-electron chi connectivity index (χ0n) is 21.0. The number of carbonyl (C=O) groups is 1. The summed E-state index contributed by atoms with van der Waals surface area (Å²) >= 11 is 2.66. The average Bonchev–Trinajstić information content (AvgIpc) is 3.44. The van der Waals surface area contributed by atoms with Crippen molar-refractivity contribution in [3.63, 3.8) is 0 Å². The van der Waals surface area contributed by atoms with Gasteiger partial charge in [-0.3, -0.25) is 14.2 Å². The van der Waals surface area contributed by atoms with E-state index in [9.17, 15) is 9.59 Å². The molecule has 0 spiro atoms. The van der Waals surface area contributed by atoms with Crippen LogP contribution >= 0.6 is 23.1 Å². The third-order valence-electron chi connectivity index (χ3n) is 6.77. The number of aromatic nitrogens is 4. The van der Waals surface area contributed by atoms with E-state index in [-0.39, 0.29) is 16.8 Å². The maximum Gasteiger partial charge on any atom is 0.308 e. The molecule has 1 aliphatic rings. The number of thioether (sulfide) groups is 1. The zero-order chi connectivity index (χ0) is 25.6. The quantitative estimate of drug-likeness (QED) is 0.312. The van der Waals surface area contributed by atoms with Crippen LogP contribution in [-0.4, -0.2) is 62.1 Å². The summed E-state index contributed by atoms with van der Waals surface area (Å²) in [7, 11) is 2.11.